The highest BCUT2D eigenvalue weighted by Gasteiger charge is 2.17. The summed E-state index contributed by atoms with van der Waals surface area (Å²) in [5.74, 6) is 1.65. The molecule has 1 aliphatic heterocycles. The van der Waals surface area contributed by atoms with Gasteiger partial charge < -0.3 is 15.6 Å². The number of hydrogen-bond donors (Lipinski definition) is 3. The fraction of sp³-hybridized carbons (Fsp3) is 0.714. The maximum absolute atomic E-state index is 11.6. The van der Waals surface area contributed by atoms with E-state index in [1.165, 1.54) is 32.1 Å². The fourth-order valence-corrected chi connectivity index (χ4v) is 3.21. The Hall–Kier alpha value is -1.36. The lowest BCUT2D eigenvalue weighted by Gasteiger charge is -2.20. The molecule has 104 valence electrons. The van der Waals surface area contributed by atoms with E-state index in [9.17, 15) is 4.79 Å². The zero-order valence-electron chi connectivity index (χ0n) is 11.3. The lowest BCUT2D eigenvalue weighted by Crippen LogP contribution is -2.30. The number of aromatic amines is 1. The first-order chi connectivity index (χ1) is 9.33. The Kier molecular flexibility index (Phi) is 3.82. The molecule has 5 heteroatoms. The lowest BCUT2D eigenvalue weighted by molar-refractivity contribution is 0.517. The largest absolute Gasteiger partial charge is 0.370 e. The van der Waals surface area contributed by atoms with Crippen LogP contribution in [0.25, 0.3) is 0 Å². The molecule has 0 atom stereocenters. The monoisotopic (exact) mass is 262 g/mol. The normalized spacial score (nSPS) is 19.4. The zero-order chi connectivity index (χ0) is 13.1. The predicted octanol–water partition coefficient (Wildman–Crippen LogP) is 1.41. The SMILES string of the molecule is O=c1nc(NCCC2CCCC2)c2c([nH]1)CCNC2. The average molecular weight is 262 g/mol. The van der Waals surface area contributed by atoms with E-state index < -0.39 is 0 Å². The molecule has 5 nitrogen and oxygen atoms in total. The molecule has 0 spiro atoms. The molecule has 1 aromatic rings. The number of H-pyrrole nitrogens is 1. The molecule has 1 saturated carbocycles. The van der Waals surface area contributed by atoms with Crippen LogP contribution in [0.2, 0.25) is 0 Å². The first kappa shape index (κ1) is 12.7. The highest BCUT2D eigenvalue weighted by molar-refractivity contribution is 5.46. The van der Waals surface area contributed by atoms with Crippen molar-refractivity contribution in [3.8, 4) is 0 Å². The van der Waals surface area contributed by atoms with Crippen LogP contribution in [0.5, 0.6) is 0 Å². The van der Waals surface area contributed by atoms with Crippen LogP contribution in [0.15, 0.2) is 4.79 Å². The van der Waals surface area contributed by atoms with Gasteiger partial charge in [0.2, 0.25) is 0 Å². The van der Waals surface area contributed by atoms with E-state index in [4.69, 9.17) is 0 Å². The van der Waals surface area contributed by atoms with E-state index >= 15 is 0 Å². The van der Waals surface area contributed by atoms with Gasteiger partial charge in [-0.3, -0.25) is 0 Å². The summed E-state index contributed by atoms with van der Waals surface area (Å²) in [6, 6.07) is 0. The van der Waals surface area contributed by atoms with Gasteiger partial charge in [-0.15, -0.1) is 0 Å². The number of anilines is 1. The highest BCUT2D eigenvalue weighted by atomic mass is 16.1. The highest BCUT2D eigenvalue weighted by Crippen LogP contribution is 2.27. The van der Waals surface area contributed by atoms with Gasteiger partial charge in [0, 0.05) is 37.3 Å². The molecule has 0 aromatic carbocycles. The molecule has 0 unspecified atom stereocenters. The smallest absolute Gasteiger partial charge is 0.347 e. The van der Waals surface area contributed by atoms with Crippen LogP contribution in [0.1, 0.15) is 43.4 Å². The molecule has 19 heavy (non-hydrogen) atoms. The van der Waals surface area contributed by atoms with E-state index in [0.29, 0.717) is 0 Å². The fourth-order valence-electron chi connectivity index (χ4n) is 3.21. The van der Waals surface area contributed by atoms with E-state index in [-0.39, 0.29) is 5.69 Å². The van der Waals surface area contributed by atoms with Crippen LogP contribution in [-0.2, 0) is 13.0 Å². The third-order valence-electron chi connectivity index (χ3n) is 4.29. The van der Waals surface area contributed by atoms with E-state index in [1.807, 2.05) is 0 Å². The minimum absolute atomic E-state index is 0.232. The van der Waals surface area contributed by atoms with Crippen molar-refractivity contribution in [2.45, 2.75) is 45.1 Å². The second-order valence-electron chi connectivity index (χ2n) is 5.64. The summed E-state index contributed by atoms with van der Waals surface area (Å²) >= 11 is 0. The summed E-state index contributed by atoms with van der Waals surface area (Å²) in [5.41, 5.74) is 1.95. The third-order valence-corrected chi connectivity index (χ3v) is 4.29. The van der Waals surface area contributed by atoms with Gasteiger partial charge in [0.05, 0.1) is 0 Å². The summed E-state index contributed by atoms with van der Waals surface area (Å²) < 4.78 is 0. The third kappa shape index (κ3) is 2.97. The summed E-state index contributed by atoms with van der Waals surface area (Å²) in [7, 11) is 0. The van der Waals surface area contributed by atoms with Gasteiger partial charge in [-0.05, 0) is 12.3 Å². The maximum Gasteiger partial charge on any atom is 0.347 e. The number of nitrogens with one attached hydrogen (secondary N) is 3. The predicted molar refractivity (Wildman–Crippen MR) is 75.3 cm³/mol. The number of rotatable bonds is 4. The summed E-state index contributed by atoms with van der Waals surface area (Å²) in [5, 5.41) is 6.70. The topological polar surface area (TPSA) is 69.8 Å². The minimum atomic E-state index is -0.232. The van der Waals surface area contributed by atoms with Crippen molar-refractivity contribution in [2.75, 3.05) is 18.4 Å². The number of fused-ring (bicyclic) bond motifs is 1. The quantitative estimate of drug-likeness (QED) is 0.767. The summed E-state index contributed by atoms with van der Waals surface area (Å²) in [6.07, 6.45) is 7.57. The molecular formula is C14H22N4O. The molecule has 2 heterocycles. The molecule has 0 bridgehead atoms. The van der Waals surface area contributed by atoms with E-state index in [0.717, 1.165) is 49.0 Å². The number of hydrogen-bond acceptors (Lipinski definition) is 4. The van der Waals surface area contributed by atoms with Crippen LogP contribution in [0.4, 0.5) is 5.82 Å². The minimum Gasteiger partial charge on any atom is -0.370 e. The first-order valence-corrected chi connectivity index (χ1v) is 7.39. The van der Waals surface area contributed by atoms with Crippen LogP contribution < -0.4 is 16.3 Å². The van der Waals surface area contributed by atoms with Crippen molar-refractivity contribution >= 4 is 5.82 Å². The molecule has 1 aliphatic carbocycles. The number of aromatic nitrogens is 2. The van der Waals surface area contributed by atoms with Gasteiger partial charge in [-0.25, -0.2) is 4.79 Å². The molecular weight excluding hydrogens is 240 g/mol. The second kappa shape index (κ2) is 5.74. The molecule has 0 amide bonds. The van der Waals surface area contributed by atoms with Crippen molar-refractivity contribution in [3.05, 3.63) is 21.7 Å². The van der Waals surface area contributed by atoms with E-state index in [1.54, 1.807) is 0 Å². The van der Waals surface area contributed by atoms with Gasteiger partial charge in [-0.1, -0.05) is 25.7 Å². The van der Waals surface area contributed by atoms with Gasteiger partial charge in [-0.2, -0.15) is 4.98 Å². The van der Waals surface area contributed by atoms with Crippen molar-refractivity contribution in [2.24, 2.45) is 5.92 Å². The molecule has 0 saturated heterocycles. The van der Waals surface area contributed by atoms with E-state index in [2.05, 4.69) is 20.6 Å². The number of nitrogens with zero attached hydrogens (tertiary/aromatic N) is 1. The Balaban J connectivity index is 1.66. The molecule has 2 aliphatic rings. The van der Waals surface area contributed by atoms with Crippen molar-refractivity contribution < 1.29 is 0 Å². The van der Waals surface area contributed by atoms with Gasteiger partial charge in [0.15, 0.2) is 0 Å². The molecule has 3 N–H and O–H groups in total. The summed E-state index contributed by atoms with van der Waals surface area (Å²) in [6.45, 7) is 2.65. The first-order valence-electron chi connectivity index (χ1n) is 7.39. The molecule has 0 radical (unpaired) electrons. The Morgan fingerprint density at radius 1 is 1.32 bits per heavy atom. The molecule has 3 rings (SSSR count). The van der Waals surface area contributed by atoms with Crippen LogP contribution >= 0.6 is 0 Å². The average Bonchev–Trinajstić information content (AvgIpc) is 2.91. The standard InChI is InChI=1S/C14H22N4O/c19-14-17-12-6-7-15-9-11(12)13(18-14)16-8-5-10-3-1-2-4-10/h10,15H,1-9H2,(H2,16,17,18,19). The van der Waals surface area contributed by atoms with Crippen LogP contribution in [0, 0.1) is 5.92 Å². The van der Waals surface area contributed by atoms with Gasteiger partial charge in [0.25, 0.3) is 0 Å². The zero-order valence-corrected chi connectivity index (χ0v) is 11.3. The van der Waals surface area contributed by atoms with Crippen molar-refractivity contribution in [3.63, 3.8) is 0 Å². The summed E-state index contributed by atoms with van der Waals surface area (Å²) in [4.78, 5) is 18.5. The molecule has 1 fully saturated rings. The molecule has 1 aromatic heterocycles. The van der Waals surface area contributed by atoms with Gasteiger partial charge in [0.1, 0.15) is 5.82 Å². The maximum atomic E-state index is 11.6. The Labute approximate surface area is 113 Å². The lowest BCUT2D eigenvalue weighted by atomic mass is 10.0. The van der Waals surface area contributed by atoms with Crippen LogP contribution in [-0.4, -0.2) is 23.1 Å². The van der Waals surface area contributed by atoms with Crippen LogP contribution in [0.3, 0.4) is 0 Å². The Morgan fingerprint density at radius 2 is 2.16 bits per heavy atom. The Morgan fingerprint density at radius 3 is 3.00 bits per heavy atom. The Bertz CT molecular complexity index is 491. The van der Waals surface area contributed by atoms with Crippen molar-refractivity contribution in [1.29, 1.82) is 0 Å². The second-order valence-corrected chi connectivity index (χ2v) is 5.64. The van der Waals surface area contributed by atoms with Gasteiger partial charge >= 0.3 is 5.69 Å². The van der Waals surface area contributed by atoms with Crippen molar-refractivity contribution in [1.82, 2.24) is 15.3 Å².